The molecule has 0 saturated carbocycles. The highest BCUT2D eigenvalue weighted by molar-refractivity contribution is 9.10. The van der Waals surface area contributed by atoms with Crippen LogP contribution in [0.5, 0.6) is 0 Å². The maximum absolute atomic E-state index is 14.0. The lowest BCUT2D eigenvalue weighted by Gasteiger charge is -2.33. The van der Waals surface area contributed by atoms with Gasteiger partial charge in [0.25, 0.3) is 0 Å². The average molecular weight is 556 g/mol. The fourth-order valence-corrected chi connectivity index (χ4v) is 7.17. The molecular weight excluding hydrogens is 524 g/mol. The van der Waals surface area contributed by atoms with Gasteiger partial charge in [-0.1, -0.05) is 70.5 Å². The molecule has 0 aromatic heterocycles. The lowest BCUT2D eigenvalue weighted by molar-refractivity contribution is 0.268. The number of alkyl halides is 1. The molecule has 0 radical (unpaired) electrons. The van der Waals surface area contributed by atoms with E-state index in [2.05, 4.69) is 62.7 Å². The van der Waals surface area contributed by atoms with Crippen LogP contribution in [0, 0.1) is 0 Å². The van der Waals surface area contributed by atoms with Crippen LogP contribution in [0.2, 0.25) is 0 Å². The van der Waals surface area contributed by atoms with Crippen molar-refractivity contribution in [2.45, 2.75) is 35.0 Å². The zero-order valence-corrected chi connectivity index (χ0v) is 22.2. The van der Waals surface area contributed by atoms with Gasteiger partial charge in [0.1, 0.15) is 0 Å². The molecule has 0 bridgehead atoms. The van der Waals surface area contributed by atoms with Crippen LogP contribution in [0.25, 0.3) is 0 Å². The molecule has 0 amide bonds. The van der Waals surface area contributed by atoms with Crippen molar-refractivity contribution < 1.29 is 8.42 Å². The highest BCUT2D eigenvalue weighted by Gasteiger charge is 2.39. The van der Waals surface area contributed by atoms with Crippen LogP contribution in [0.1, 0.15) is 18.9 Å². The van der Waals surface area contributed by atoms with Gasteiger partial charge in [0.2, 0.25) is 10.0 Å². The first-order valence-electron chi connectivity index (χ1n) is 11.9. The Hall–Kier alpha value is -2.55. The molecule has 2 atom stereocenters. The summed E-state index contributed by atoms with van der Waals surface area (Å²) >= 11 is 3.83. The molecule has 2 aromatic carbocycles. The van der Waals surface area contributed by atoms with Gasteiger partial charge in [0.15, 0.2) is 0 Å². The van der Waals surface area contributed by atoms with E-state index in [1.54, 1.807) is 28.6 Å². The first-order chi connectivity index (χ1) is 16.8. The summed E-state index contributed by atoms with van der Waals surface area (Å²) in [4.78, 5) is 2.68. The SMILES string of the molecule is CC1(Br)C=CC2=C(CN(S(=O)(=O)c3ccccc3)[C@H](Cc3ccccc3)CN2CC2=CNCN2)C1. The number of rotatable bonds is 6. The number of nitrogens with zero attached hydrogens (tertiary/aromatic N) is 2. The van der Waals surface area contributed by atoms with Crippen molar-refractivity contribution >= 4 is 26.0 Å². The Bertz CT molecular complexity index is 1260. The Morgan fingerprint density at radius 2 is 1.80 bits per heavy atom. The van der Waals surface area contributed by atoms with E-state index >= 15 is 0 Å². The Morgan fingerprint density at radius 3 is 2.49 bits per heavy atom. The summed E-state index contributed by atoms with van der Waals surface area (Å²) in [5, 5.41) is 6.61. The van der Waals surface area contributed by atoms with E-state index in [9.17, 15) is 8.42 Å². The number of hydrogen-bond acceptors (Lipinski definition) is 5. The molecule has 5 rings (SSSR count). The summed E-state index contributed by atoms with van der Waals surface area (Å²) in [7, 11) is -3.70. The van der Waals surface area contributed by atoms with Crippen LogP contribution in [-0.4, -0.2) is 54.3 Å². The molecule has 0 saturated heterocycles. The maximum Gasteiger partial charge on any atom is 0.243 e. The van der Waals surface area contributed by atoms with E-state index in [0.29, 0.717) is 37.6 Å². The van der Waals surface area contributed by atoms with Crippen LogP contribution in [-0.2, 0) is 16.4 Å². The molecule has 1 unspecified atom stereocenters. The van der Waals surface area contributed by atoms with Gasteiger partial charge in [-0.3, -0.25) is 0 Å². The molecule has 2 heterocycles. The van der Waals surface area contributed by atoms with Crippen LogP contribution >= 0.6 is 15.9 Å². The molecule has 0 spiro atoms. The maximum atomic E-state index is 14.0. The van der Waals surface area contributed by atoms with Crippen molar-refractivity contribution in [2.75, 3.05) is 26.3 Å². The Morgan fingerprint density at radius 1 is 1.09 bits per heavy atom. The van der Waals surface area contributed by atoms with Crippen LogP contribution in [0.3, 0.4) is 0 Å². The number of halogens is 1. The third kappa shape index (κ3) is 5.34. The zero-order chi connectivity index (χ0) is 24.5. The van der Waals surface area contributed by atoms with E-state index in [4.69, 9.17) is 0 Å². The van der Waals surface area contributed by atoms with Crippen molar-refractivity contribution in [2.24, 2.45) is 0 Å². The zero-order valence-electron chi connectivity index (χ0n) is 19.8. The number of hydrogen-bond donors (Lipinski definition) is 2. The fourth-order valence-electron chi connectivity index (χ4n) is 5.07. The normalized spacial score (nSPS) is 24.9. The average Bonchev–Trinajstić information content (AvgIpc) is 3.30. The lowest BCUT2D eigenvalue weighted by atomic mass is 9.93. The predicted molar refractivity (Wildman–Crippen MR) is 143 cm³/mol. The number of benzene rings is 2. The highest BCUT2D eigenvalue weighted by atomic mass is 79.9. The minimum absolute atomic E-state index is 0.203. The largest absolute Gasteiger partial charge is 0.372 e. The summed E-state index contributed by atoms with van der Waals surface area (Å²) < 4.78 is 29.6. The highest BCUT2D eigenvalue weighted by Crippen LogP contribution is 2.38. The summed E-state index contributed by atoms with van der Waals surface area (Å²) in [5.74, 6) is 0. The Labute approximate surface area is 216 Å². The molecule has 0 fully saturated rings. The first-order valence-corrected chi connectivity index (χ1v) is 14.2. The minimum Gasteiger partial charge on any atom is -0.372 e. The topological polar surface area (TPSA) is 64.7 Å². The van der Waals surface area contributed by atoms with Crippen molar-refractivity contribution in [1.82, 2.24) is 19.8 Å². The van der Waals surface area contributed by atoms with Gasteiger partial charge in [-0.25, -0.2) is 8.42 Å². The molecule has 8 heteroatoms. The predicted octanol–water partition coefficient (Wildman–Crippen LogP) is 3.96. The number of nitrogens with one attached hydrogen (secondary N) is 2. The van der Waals surface area contributed by atoms with E-state index in [-0.39, 0.29) is 10.4 Å². The summed E-state index contributed by atoms with van der Waals surface area (Å²) in [6.45, 7) is 4.51. The van der Waals surface area contributed by atoms with Gasteiger partial charge >= 0.3 is 0 Å². The van der Waals surface area contributed by atoms with Gasteiger partial charge in [-0.05, 0) is 49.1 Å². The molecule has 35 heavy (non-hydrogen) atoms. The van der Waals surface area contributed by atoms with Gasteiger partial charge in [0, 0.05) is 41.0 Å². The van der Waals surface area contributed by atoms with Crippen molar-refractivity contribution in [3.63, 3.8) is 0 Å². The molecule has 1 aliphatic carbocycles. The van der Waals surface area contributed by atoms with E-state index in [1.165, 1.54) is 0 Å². The molecule has 3 aliphatic rings. The fraction of sp³-hybridized carbons (Fsp3) is 0.333. The molecule has 184 valence electrons. The minimum atomic E-state index is -3.70. The second-order valence-corrected chi connectivity index (χ2v) is 13.3. The smallest absolute Gasteiger partial charge is 0.243 e. The van der Waals surface area contributed by atoms with Crippen molar-refractivity contribution in [1.29, 1.82) is 0 Å². The Kier molecular flexibility index (Phi) is 6.79. The second-order valence-electron chi connectivity index (χ2n) is 9.59. The van der Waals surface area contributed by atoms with E-state index in [1.807, 2.05) is 30.5 Å². The molecule has 6 nitrogen and oxygen atoms in total. The molecule has 2 N–H and O–H groups in total. The van der Waals surface area contributed by atoms with Crippen LogP contribution in [0.15, 0.2) is 101 Å². The van der Waals surface area contributed by atoms with Crippen LogP contribution in [0.4, 0.5) is 0 Å². The second kappa shape index (κ2) is 9.84. The van der Waals surface area contributed by atoms with Gasteiger partial charge < -0.3 is 15.5 Å². The molecular formula is C27H31BrN4O2S. The number of sulfonamides is 1. The quantitative estimate of drug-likeness (QED) is 0.529. The van der Waals surface area contributed by atoms with E-state index in [0.717, 1.165) is 29.0 Å². The number of allylic oxidation sites excluding steroid dienone is 2. The Balaban J connectivity index is 1.58. The monoisotopic (exact) mass is 554 g/mol. The third-order valence-corrected chi connectivity index (χ3v) is 9.21. The summed E-state index contributed by atoms with van der Waals surface area (Å²) in [5.41, 5.74) is 4.50. The summed E-state index contributed by atoms with van der Waals surface area (Å²) in [6.07, 6.45) is 7.75. The van der Waals surface area contributed by atoms with Crippen molar-refractivity contribution in [3.05, 3.63) is 102 Å². The van der Waals surface area contributed by atoms with Gasteiger partial charge in [-0.15, -0.1) is 0 Å². The summed E-state index contributed by atoms with van der Waals surface area (Å²) in [6, 6.07) is 18.8. The molecule has 2 aromatic rings. The van der Waals surface area contributed by atoms with Crippen LogP contribution < -0.4 is 10.6 Å². The van der Waals surface area contributed by atoms with Gasteiger partial charge in [-0.2, -0.15) is 4.31 Å². The standard InChI is InChI=1S/C27H31BrN4O2S/c1-27(28)13-12-26-22(15-27)17-32(35(33,34)25-10-6-3-7-11-25)24(14-21-8-4-2-5-9-21)19-31(26)18-23-16-29-20-30-23/h2-13,16,24,29-30H,14-15,17-20H2,1H3/t24-,27?/m1/s1. The van der Waals surface area contributed by atoms with Gasteiger partial charge in [0.05, 0.1) is 18.1 Å². The first kappa shape index (κ1) is 24.2. The van der Waals surface area contributed by atoms with Crippen molar-refractivity contribution in [3.8, 4) is 0 Å². The van der Waals surface area contributed by atoms with E-state index < -0.39 is 10.0 Å². The third-order valence-electron chi connectivity index (χ3n) is 6.75. The molecule has 2 aliphatic heterocycles. The lowest BCUT2D eigenvalue weighted by Crippen LogP contribution is -2.46.